The third kappa shape index (κ3) is 3.78. The number of ether oxygens (including phenoxy) is 1. The fourth-order valence-electron chi connectivity index (χ4n) is 6.99. The van der Waals surface area contributed by atoms with Crippen molar-refractivity contribution in [2.24, 2.45) is 29.6 Å². The first kappa shape index (κ1) is 19.8. The number of hydrogen-bond donors (Lipinski definition) is 2. The predicted molar refractivity (Wildman–Crippen MR) is 126 cm³/mol. The maximum absolute atomic E-state index is 12.9. The van der Waals surface area contributed by atoms with Crippen molar-refractivity contribution < 1.29 is 9.53 Å². The molecule has 0 unspecified atom stereocenters. The Bertz CT molecular complexity index is 1120. The fraction of sp³-hybridized carbons (Fsp3) is 0.481. The summed E-state index contributed by atoms with van der Waals surface area (Å²) < 4.78 is 5.32. The molecule has 0 saturated heterocycles. The Balaban J connectivity index is 1.12. The third-order valence-electron chi connectivity index (χ3n) is 8.16. The summed E-state index contributed by atoms with van der Waals surface area (Å²) in [6.45, 7) is 0. The summed E-state index contributed by atoms with van der Waals surface area (Å²) in [7, 11) is 1.68. The number of carbonyl (C=O) groups is 1. The zero-order chi connectivity index (χ0) is 21.7. The number of benzene rings is 2. The highest BCUT2D eigenvalue weighted by molar-refractivity contribution is 5.93. The van der Waals surface area contributed by atoms with Gasteiger partial charge in [0.2, 0.25) is 5.91 Å². The van der Waals surface area contributed by atoms with E-state index < -0.39 is 0 Å². The summed E-state index contributed by atoms with van der Waals surface area (Å²) in [6, 6.07) is 14.0. The lowest BCUT2D eigenvalue weighted by molar-refractivity contribution is -0.121. The largest absolute Gasteiger partial charge is 0.497 e. The van der Waals surface area contributed by atoms with Crippen LogP contribution in [0.15, 0.2) is 42.5 Å². The molecule has 1 aromatic heterocycles. The van der Waals surface area contributed by atoms with Gasteiger partial charge in [0.15, 0.2) is 0 Å². The number of anilines is 1. The number of carbonyl (C=O) groups excluding carboxylic acids is 1. The minimum Gasteiger partial charge on any atom is -0.497 e. The van der Waals surface area contributed by atoms with Crippen molar-refractivity contribution in [3.63, 3.8) is 0 Å². The molecule has 0 spiro atoms. The molecule has 4 aliphatic rings. The van der Waals surface area contributed by atoms with Gasteiger partial charge in [0, 0.05) is 18.5 Å². The second-order valence-electron chi connectivity index (χ2n) is 10.3. The average molecular weight is 430 g/mol. The number of methoxy groups -OCH3 is 1. The molecule has 0 atom stereocenters. The Kier molecular flexibility index (Phi) is 4.93. The van der Waals surface area contributed by atoms with Gasteiger partial charge in [-0.2, -0.15) is 0 Å². The Labute approximate surface area is 189 Å². The number of H-pyrrole nitrogens is 1. The third-order valence-corrected chi connectivity index (χ3v) is 8.16. The van der Waals surface area contributed by atoms with E-state index in [2.05, 4.69) is 16.4 Å². The van der Waals surface area contributed by atoms with E-state index in [-0.39, 0.29) is 5.91 Å². The molecular weight excluding hydrogens is 398 g/mol. The molecule has 0 aliphatic heterocycles. The molecule has 4 aliphatic carbocycles. The van der Waals surface area contributed by atoms with Crippen molar-refractivity contribution in [2.75, 3.05) is 12.4 Å². The van der Waals surface area contributed by atoms with Crippen LogP contribution >= 0.6 is 0 Å². The lowest BCUT2D eigenvalue weighted by atomic mass is 9.51. The quantitative estimate of drug-likeness (QED) is 0.539. The normalized spacial score (nSPS) is 28.2. The molecule has 3 aromatic rings. The number of aromatic amines is 1. The molecule has 2 aromatic carbocycles. The van der Waals surface area contributed by atoms with Crippen molar-refractivity contribution in [2.45, 2.75) is 44.9 Å². The fourth-order valence-corrected chi connectivity index (χ4v) is 6.99. The Morgan fingerprint density at radius 2 is 1.84 bits per heavy atom. The zero-order valence-corrected chi connectivity index (χ0v) is 18.6. The summed E-state index contributed by atoms with van der Waals surface area (Å²) in [5, 5.41) is 3.16. The van der Waals surface area contributed by atoms with Crippen LogP contribution in [0.25, 0.3) is 11.0 Å². The predicted octanol–water partition coefficient (Wildman–Crippen LogP) is 5.56. The van der Waals surface area contributed by atoms with E-state index in [9.17, 15) is 4.79 Å². The van der Waals surface area contributed by atoms with Crippen molar-refractivity contribution in [3.8, 4) is 5.75 Å². The highest BCUT2D eigenvalue weighted by atomic mass is 16.5. The Morgan fingerprint density at radius 1 is 1.06 bits per heavy atom. The molecular formula is C27H31N3O2. The Hall–Kier alpha value is -2.82. The van der Waals surface area contributed by atoms with Gasteiger partial charge in [0.25, 0.3) is 0 Å². The topological polar surface area (TPSA) is 67.0 Å². The smallest absolute Gasteiger partial charge is 0.224 e. The van der Waals surface area contributed by atoms with Crippen molar-refractivity contribution in [3.05, 3.63) is 53.9 Å². The minimum atomic E-state index is 0.161. The molecule has 0 radical (unpaired) electrons. The van der Waals surface area contributed by atoms with E-state index in [0.717, 1.165) is 57.5 Å². The second kappa shape index (κ2) is 7.95. The van der Waals surface area contributed by atoms with Crippen LogP contribution < -0.4 is 10.1 Å². The summed E-state index contributed by atoms with van der Waals surface area (Å²) >= 11 is 0. The van der Waals surface area contributed by atoms with E-state index in [0.29, 0.717) is 18.8 Å². The van der Waals surface area contributed by atoms with Gasteiger partial charge in [-0.3, -0.25) is 4.79 Å². The van der Waals surface area contributed by atoms with Crippen LogP contribution in [0.2, 0.25) is 0 Å². The maximum atomic E-state index is 12.9. The van der Waals surface area contributed by atoms with Crippen LogP contribution in [0, 0.1) is 29.6 Å². The molecule has 4 bridgehead atoms. The molecule has 1 amide bonds. The zero-order valence-electron chi connectivity index (χ0n) is 18.6. The van der Waals surface area contributed by atoms with Crippen molar-refractivity contribution >= 4 is 22.6 Å². The first-order chi connectivity index (χ1) is 15.6. The van der Waals surface area contributed by atoms with Crippen LogP contribution in [0.1, 0.15) is 49.9 Å². The standard InChI is InChI=1S/C27H31N3O2/c1-32-22-4-2-3-16(12-22)13-26-29-24-6-5-21(14-25(24)30-26)28-27(31)15-23-19-8-17-7-18(10-19)11-20(23)9-17/h2-6,12,14,17-20,23H,7-11,13,15H2,1H3,(H,28,31)(H,29,30). The summed E-state index contributed by atoms with van der Waals surface area (Å²) in [6.07, 6.45) is 8.28. The number of fused-ring (bicyclic) bond motifs is 1. The summed E-state index contributed by atoms with van der Waals surface area (Å²) in [5.74, 6) is 5.97. The van der Waals surface area contributed by atoms with Crippen LogP contribution in [0.4, 0.5) is 5.69 Å². The summed E-state index contributed by atoms with van der Waals surface area (Å²) in [4.78, 5) is 21.1. The van der Waals surface area contributed by atoms with Gasteiger partial charge < -0.3 is 15.0 Å². The number of amides is 1. The van der Waals surface area contributed by atoms with Gasteiger partial charge in [0.1, 0.15) is 11.6 Å². The van der Waals surface area contributed by atoms with Crippen molar-refractivity contribution in [1.29, 1.82) is 0 Å². The number of nitrogens with zero attached hydrogens (tertiary/aromatic N) is 1. The number of imidazole rings is 1. The Morgan fingerprint density at radius 3 is 2.59 bits per heavy atom. The summed E-state index contributed by atoms with van der Waals surface area (Å²) in [5.41, 5.74) is 3.86. The minimum absolute atomic E-state index is 0.161. The molecule has 1 heterocycles. The second-order valence-corrected chi connectivity index (χ2v) is 10.3. The number of hydrogen-bond acceptors (Lipinski definition) is 3. The molecule has 32 heavy (non-hydrogen) atoms. The first-order valence-electron chi connectivity index (χ1n) is 12.0. The van der Waals surface area contributed by atoms with Crippen LogP contribution in [0.3, 0.4) is 0 Å². The van der Waals surface area contributed by atoms with Crippen molar-refractivity contribution in [1.82, 2.24) is 9.97 Å². The molecule has 4 fully saturated rings. The highest BCUT2D eigenvalue weighted by Gasteiger charge is 2.48. The lowest BCUT2D eigenvalue weighted by Gasteiger charge is -2.54. The van der Waals surface area contributed by atoms with Gasteiger partial charge in [-0.1, -0.05) is 12.1 Å². The van der Waals surface area contributed by atoms with Gasteiger partial charge in [-0.25, -0.2) is 4.98 Å². The molecule has 7 rings (SSSR count). The van der Waals surface area contributed by atoms with E-state index in [1.165, 1.54) is 32.1 Å². The van der Waals surface area contributed by atoms with E-state index in [1.54, 1.807) is 7.11 Å². The van der Waals surface area contributed by atoms with E-state index in [4.69, 9.17) is 9.72 Å². The molecule has 166 valence electrons. The number of rotatable bonds is 6. The van der Waals surface area contributed by atoms with Crippen LogP contribution in [0.5, 0.6) is 5.75 Å². The maximum Gasteiger partial charge on any atom is 0.224 e. The molecule has 4 saturated carbocycles. The molecule has 5 nitrogen and oxygen atoms in total. The van der Waals surface area contributed by atoms with Gasteiger partial charge in [-0.05, 0) is 97.6 Å². The highest BCUT2D eigenvalue weighted by Crippen LogP contribution is 2.57. The average Bonchev–Trinajstić information content (AvgIpc) is 3.17. The van der Waals surface area contributed by atoms with Gasteiger partial charge in [0.05, 0.1) is 18.1 Å². The first-order valence-corrected chi connectivity index (χ1v) is 12.0. The number of nitrogens with one attached hydrogen (secondary N) is 2. The number of aromatic nitrogens is 2. The monoisotopic (exact) mass is 429 g/mol. The van der Waals surface area contributed by atoms with Gasteiger partial charge in [-0.15, -0.1) is 0 Å². The SMILES string of the molecule is COc1cccc(Cc2nc3cc(NC(=O)CC4C5CC6CC(C5)CC4C6)ccc3[nH]2)c1. The van der Waals surface area contributed by atoms with Gasteiger partial charge >= 0.3 is 0 Å². The lowest BCUT2D eigenvalue weighted by Crippen LogP contribution is -2.46. The molecule has 2 N–H and O–H groups in total. The molecule has 5 heteroatoms. The van der Waals surface area contributed by atoms with Crippen LogP contribution in [-0.2, 0) is 11.2 Å². The van der Waals surface area contributed by atoms with E-state index >= 15 is 0 Å². The van der Waals surface area contributed by atoms with E-state index in [1.807, 2.05) is 36.4 Å². The van der Waals surface area contributed by atoms with Crippen LogP contribution in [-0.4, -0.2) is 23.0 Å².